The summed E-state index contributed by atoms with van der Waals surface area (Å²) in [5.41, 5.74) is 8.83. The number of hydrogen-bond donors (Lipinski definition) is 1. The van der Waals surface area contributed by atoms with Crippen LogP contribution >= 0.6 is 0 Å². The van der Waals surface area contributed by atoms with Gasteiger partial charge in [0.2, 0.25) is 0 Å². The third-order valence-electron chi connectivity index (χ3n) is 2.32. The van der Waals surface area contributed by atoms with Crippen molar-refractivity contribution in [2.45, 2.75) is 6.92 Å². The average Bonchev–Trinajstić information content (AvgIpc) is 2.18. The SMILES string of the molecule is C=C(C)c1ccc2cnccc2c1N. The van der Waals surface area contributed by atoms with Gasteiger partial charge in [-0.25, -0.2) is 0 Å². The first-order valence-corrected chi connectivity index (χ1v) is 4.48. The van der Waals surface area contributed by atoms with Crippen molar-refractivity contribution in [3.63, 3.8) is 0 Å². The summed E-state index contributed by atoms with van der Waals surface area (Å²) in [6.07, 6.45) is 3.56. The molecule has 0 saturated carbocycles. The number of pyridine rings is 1. The molecule has 0 aliphatic carbocycles. The van der Waals surface area contributed by atoms with E-state index in [1.807, 2.05) is 31.3 Å². The lowest BCUT2D eigenvalue weighted by Gasteiger charge is -2.07. The van der Waals surface area contributed by atoms with Crippen molar-refractivity contribution in [3.8, 4) is 0 Å². The van der Waals surface area contributed by atoms with E-state index in [1.165, 1.54) is 0 Å². The number of allylic oxidation sites excluding steroid dienone is 1. The van der Waals surface area contributed by atoms with E-state index in [9.17, 15) is 0 Å². The summed E-state index contributed by atoms with van der Waals surface area (Å²) in [7, 11) is 0. The Balaban J connectivity index is 2.81. The van der Waals surface area contributed by atoms with Crippen molar-refractivity contribution in [1.82, 2.24) is 4.98 Å². The van der Waals surface area contributed by atoms with E-state index in [1.54, 1.807) is 6.20 Å². The molecule has 14 heavy (non-hydrogen) atoms. The maximum atomic E-state index is 6.03. The second kappa shape index (κ2) is 3.14. The van der Waals surface area contributed by atoms with Crippen LogP contribution in [0.4, 0.5) is 5.69 Å². The highest BCUT2D eigenvalue weighted by atomic mass is 14.6. The lowest BCUT2D eigenvalue weighted by molar-refractivity contribution is 1.36. The van der Waals surface area contributed by atoms with E-state index in [-0.39, 0.29) is 0 Å². The minimum Gasteiger partial charge on any atom is -0.398 e. The fourth-order valence-electron chi connectivity index (χ4n) is 1.56. The fourth-order valence-corrected chi connectivity index (χ4v) is 1.56. The molecule has 0 unspecified atom stereocenters. The number of nitrogen functional groups attached to an aromatic ring is 1. The van der Waals surface area contributed by atoms with Crippen molar-refractivity contribution in [2.75, 3.05) is 5.73 Å². The summed E-state index contributed by atoms with van der Waals surface area (Å²) in [6.45, 7) is 5.85. The van der Waals surface area contributed by atoms with Gasteiger partial charge in [-0.15, -0.1) is 0 Å². The zero-order valence-corrected chi connectivity index (χ0v) is 8.12. The van der Waals surface area contributed by atoms with Crippen LogP contribution in [0.2, 0.25) is 0 Å². The Morgan fingerprint density at radius 2 is 2.14 bits per heavy atom. The van der Waals surface area contributed by atoms with Crippen LogP contribution in [0.15, 0.2) is 37.2 Å². The number of anilines is 1. The number of nitrogens with zero attached hydrogens (tertiary/aromatic N) is 1. The number of rotatable bonds is 1. The molecule has 0 amide bonds. The lowest BCUT2D eigenvalue weighted by atomic mass is 10.0. The Kier molecular flexibility index (Phi) is 1.97. The van der Waals surface area contributed by atoms with Crippen molar-refractivity contribution in [3.05, 3.63) is 42.7 Å². The largest absolute Gasteiger partial charge is 0.398 e. The number of hydrogen-bond acceptors (Lipinski definition) is 2. The normalized spacial score (nSPS) is 10.4. The molecule has 2 nitrogen and oxygen atoms in total. The molecule has 0 spiro atoms. The van der Waals surface area contributed by atoms with Crippen molar-refractivity contribution in [2.24, 2.45) is 0 Å². The Hall–Kier alpha value is -1.83. The van der Waals surface area contributed by atoms with E-state index in [0.717, 1.165) is 27.6 Å². The second-order valence-electron chi connectivity index (χ2n) is 3.40. The van der Waals surface area contributed by atoms with Gasteiger partial charge < -0.3 is 5.73 Å². The van der Waals surface area contributed by atoms with Crippen LogP contribution in [0.5, 0.6) is 0 Å². The molecule has 70 valence electrons. The minimum absolute atomic E-state index is 0.789. The number of aromatic nitrogens is 1. The molecule has 1 heterocycles. The van der Waals surface area contributed by atoms with E-state index in [2.05, 4.69) is 11.6 Å². The number of benzene rings is 1. The predicted molar refractivity (Wildman–Crippen MR) is 60.9 cm³/mol. The molecule has 0 aliphatic rings. The molecule has 0 saturated heterocycles. The topological polar surface area (TPSA) is 38.9 Å². The summed E-state index contributed by atoms with van der Waals surface area (Å²) in [6, 6.07) is 5.93. The molecular formula is C12H12N2. The van der Waals surface area contributed by atoms with Crippen molar-refractivity contribution >= 4 is 22.0 Å². The highest BCUT2D eigenvalue weighted by Crippen LogP contribution is 2.27. The smallest absolute Gasteiger partial charge is 0.0470 e. The van der Waals surface area contributed by atoms with Crippen molar-refractivity contribution < 1.29 is 0 Å². The lowest BCUT2D eigenvalue weighted by Crippen LogP contribution is -1.93. The number of nitrogens with two attached hydrogens (primary N) is 1. The summed E-state index contributed by atoms with van der Waals surface area (Å²) in [5, 5.41) is 2.11. The summed E-state index contributed by atoms with van der Waals surface area (Å²) >= 11 is 0. The maximum Gasteiger partial charge on any atom is 0.0470 e. The fraction of sp³-hybridized carbons (Fsp3) is 0.0833. The zero-order chi connectivity index (χ0) is 10.1. The average molecular weight is 184 g/mol. The Morgan fingerprint density at radius 1 is 1.36 bits per heavy atom. The Morgan fingerprint density at radius 3 is 2.86 bits per heavy atom. The van der Waals surface area contributed by atoms with Crippen LogP contribution in [0.1, 0.15) is 12.5 Å². The van der Waals surface area contributed by atoms with Crippen LogP contribution in [0.25, 0.3) is 16.3 Å². The van der Waals surface area contributed by atoms with Crippen LogP contribution in [0.3, 0.4) is 0 Å². The molecule has 0 radical (unpaired) electrons. The Labute approximate surface area is 83.1 Å². The molecule has 1 aromatic carbocycles. The summed E-state index contributed by atoms with van der Waals surface area (Å²) in [5.74, 6) is 0. The van der Waals surface area contributed by atoms with Gasteiger partial charge in [-0.2, -0.15) is 0 Å². The molecule has 2 heteroatoms. The van der Waals surface area contributed by atoms with E-state index in [4.69, 9.17) is 5.73 Å². The Bertz CT molecular complexity index is 501. The maximum absolute atomic E-state index is 6.03. The van der Waals surface area contributed by atoms with E-state index >= 15 is 0 Å². The minimum atomic E-state index is 0.789. The van der Waals surface area contributed by atoms with Gasteiger partial charge in [-0.1, -0.05) is 18.7 Å². The highest BCUT2D eigenvalue weighted by molar-refractivity contribution is 5.97. The molecule has 0 atom stereocenters. The van der Waals surface area contributed by atoms with E-state index < -0.39 is 0 Å². The van der Waals surface area contributed by atoms with Crippen LogP contribution in [-0.4, -0.2) is 4.98 Å². The predicted octanol–water partition coefficient (Wildman–Crippen LogP) is 2.85. The quantitative estimate of drug-likeness (QED) is 0.692. The first-order valence-electron chi connectivity index (χ1n) is 4.48. The monoisotopic (exact) mass is 184 g/mol. The highest BCUT2D eigenvalue weighted by Gasteiger charge is 2.03. The van der Waals surface area contributed by atoms with Gasteiger partial charge >= 0.3 is 0 Å². The molecule has 2 rings (SSSR count). The van der Waals surface area contributed by atoms with E-state index in [0.29, 0.717) is 0 Å². The first kappa shape index (κ1) is 8.75. The third kappa shape index (κ3) is 1.25. The molecule has 2 aromatic rings. The van der Waals surface area contributed by atoms with Crippen LogP contribution < -0.4 is 5.73 Å². The first-order chi connectivity index (χ1) is 6.70. The molecule has 0 fully saturated rings. The molecule has 0 bridgehead atoms. The van der Waals surface area contributed by atoms with Gasteiger partial charge in [0.05, 0.1) is 0 Å². The molecular weight excluding hydrogens is 172 g/mol. The standard InChI is InChI=1S/C12H12N2/c1-8(2)10-4-3-9-7-14-6-5-11(9)12(10)13/h3-7H,1,13H2,2H3. The van der Waals surface area contributed by atoms with Crippen molar-refractivity contribution in [1.29, 1.82) is 0 Å². The zero-order valence-electron chi connectivity index (χ0n) is 8.12. The van der Waals surface area contributed by atoms with Gasteiger partial charge in [0.15, 0.2) is 0 Å². The van der Waals surface area contributed by atoms with Gasteiger partial charge in [0, 0.05) is 34.4 Å². The van der Waals surface area contributed by atoms with Gasteiger partial charge in [0.25, 0.3) is 0 Å². The van der Waals surface area contributed by atoms with Gasteiger partial charge in [0.1, 0.15) is 0 Å². The molecule has 1 aromatic heterocycles. The summed E-state index contributed by atoms with van der Waals surface area (Å²) < 4.78 is 0. The number of fused-ring (bicyclic) bond motifs is 1. The molecule has 0 aliphatic heterocycles. The van der Waals surface area contributed by atoms with Gasteiger partial charge in [-0.3, -0.25) is 4.98 Å². The second-order valence-corrected chi connectivity index (χ2v) is 3.40. The van der Waals surface area contributed by atoms with Crippen LogP contribution in [0, 0.1) is 0 Å². The third-order valence-corrected chi connectivity index (χ3v) is 2.32. The van der Waals surface area contributed by atoms with Gasteiger partial charge in [-0.05, 0) is 18.6 Å². The van der Waals surface area contributed by atoms with Crippen LogP contribution in [-0.2, 0) is 0 Å². The molecule has 2 N–H and O–H groups in total. The summed E-state index contributed by atoms with van der Waals surface area (Å²) in [4.78, 5) is 4.05.